The molecule has 1 aromatic heterocycles. The third-order valence-corrected chi connectivity index (χ3v) is 2.34. The van der Waals surface area contributed by atoms with Gasteiger partial charge >= 0.3 is 5.69 Å². The second kappa shape index (κ2) is 4.88. The van der Waals surface area contributed by atoms with Crippen LogP contribution in [0.3, 0.4) is 0 Å². The molecule has 0 saturated heterocycles. The highest BCUT2D eigenvalue weighted by molar-refractivity contribution is 5.36. The normalized spacial score (nSPS) is 10.6. The van der Waals surface area contributed by atoms with E-state index in [1.165, 1.54) is 23.0 Å². The topological polar surface area (TPSA) is 94.1 Å². The van der Waals surface area contributed by atoms with Crippen molar-refractivity contribution in [2.45, 2.75) is 13.2 Å². The van der Waals surface area contributed by atoms with Crippen molar-refractivity contribution in [2.24, 2.45) is 0 Å². The second-order valence-corrected chi connectivity index (χ2v) is 3.57. The molecule has 2 aromatic rings. The minimum atomic E-state index is -0.886. The van der Waals surface area contributed by atoms with Gasteiger partial charge in [0.25, 0.3) is 0 Å². The molecule has 0 aliphatic carbocycles. The summed E-state index contributed by atoms with van der Waals surface area (Å²) in [7, 11) is 0. The van der Waals surface area contributed by atoms with Crippen molar-refractivity contribution in [1.29, 1.82) is 0 Å². The molecule has 18 heavy (non-hydrogen) atoms. The van der Waals surface area contributed by atoms with Crippen LogP contribution in [0.2, 0.25) is 0 Å². The van der Waals surface area contributed by atoms with Crippen LogP contribution >= 0.6 is 0 Å². The average Bonchev–Trinajstić information content (AvgIpc) is 2.79. The van der Waals surface area contributed by atoms with E-state index in [1.807, 2.05) is 0 Å². The van der Waals surface area contributed by atoms with E-state index in [1.54, 1.807) is 0 Å². The van der Waals surface area contributed by atoms with Crippen LogP contribution in [-0.2, 0) is 13.2 Å². The molecule has 0 fully saturated rings. The summed E-state index contributed by atoms with van der Waals surface area (Å²) >= 11 is 0. The van der Waals surface area contributed by atoms with Gasteiger partial charge in [-0.25, -0.2) is 4.68 Å². The first-order valence-electron chi connectivity index (χ1n) is 5.03. The molecule has 0 atom stereocenters. The van der Waals surface area contributed by atoms with Gasteiger partial charge < -0.3 is 5.11 Å². The van der Waals surface area contributed by atoms with Gasteiger partial charge in [0, 0.05) is 11.6 Å². The molecule has 7 nitrogen and oxygen atoms in total. The number of hydrogen-bond donors (Lipinski definition) is 1. The molecule has 0 bridgehead atoms. The Hall–Kier alpha value is -2.35. The molecule has 1 heterocycles. The van der Waals surface area contributed by atoms with Gasteiger partial charge in [0.2, 0.25) is 5.82 Å². The number of aliphatic hydroxyl groups excluding tert-OH is 1. The molecule has 1 aromatic carbocycles. The molecular formula is C10H9FN4O3. The molecule has 0 saturated carbocycles. The Morgan fingerprint density at radius 1 is 1.50 bits per heavy atom. The summed E-state index contributed by atoms with van der Waals surface area (Å²) in [6.45, 7) is -0.252. The summed E-state index contributed by atoms with van der Waals surface area (Å²) in [4.78, 5) is 9.80. The van der Waals surface area contributed by atoms with Crippen molar-refractivity contribution in [3.8, 4) is 0 Å². The number of nitrogens with zero attached hydrogens (tertiary/aromatic N) is 4. The number of halogens is 1. The zero-order valence-electron chi connectivity index (χ0n) is 9.15. The maximum Gasteiger partial charge on any atom is 0.305 e. The van der Waals surface area contributed by atoms with Crippen LogP contribution in [0.25, 0.3) is 0 Å². The minimum absolute atomic E-state index is 0.0144. The van der Waals surface area contributed by atoms with Crippen molar-refractivity contribution < 1.29 is 14.4 Å². The van der Waals surface area contributed by atoms with Gasteiger partial charge in [-0.15, -0.1) is 5.10 Å². The Kier molecular flexibility index (Phi) is 3.28. The fraction of sp³-hybridized carbons (Fsp3) is 0.200. The lowest BCUT2D eigenvalue weighted by atomic mass is 10.2. The van der Waals surface area contributed by atoms with Gasteiger partial charge in [-0.3, -0.25) is 10.1 Å². The number of hydrogen-bond acceptors (Lipinski definition) is 5. The first kappa shape index (κ1) is 12.1. The van der Waals surface area contributed by atoms with Crippen LogP contribution in [0.1, 0.15) is 11.3 Å². The predicted molar refractivity (Wildman–Crippen MR) is 58.1 cm³/mol. The molecule has 0 radical (unpaired) electrons. The Morgan fingerprint density at radius 2 is 2.28 bits per heavy atom. The van der Waals surface area contributed by atoms with Crippen LogP contribution in [0, 0.1) is 15.9 Å². The zero-order valence-corrected chi connectivity index (χ0v) is 9.15. The lowest BCUT2D eigenvalue weighted by Crippen LogP contribution is -2.04. The summed E-state index contributed by atoms with van der Waals surface area (Å²) in [5.74, 6) is -0.886. The molecule has 94 valence electrons. The lowest BCUT2D eigenvalue weighted by Gasteiger charge is -2.02. The highest BCUT2D eigenvalue weighted by Crippen LogP contribution is 2.20. The Bertz CT molecular complexity index is 584. The Balaban J connectivity index is 2.29. The summed E-state index contributed by atoms with van der Waals surface area (Å²) in [5.41, 5.74) is -0.0885. The van der Waals surface area contributed by atoms with Crippen LogP contribution in [0.15, 0.2) is 24.4 Å². The molecule has 0 aliphatic heterocycles. The summed E-state index contributed by atoms with van der Waals surface area (Å²) < 4.78 is 15.0. The first-order chi connectivity index (χ1) is 8.61. The largest absolute Gasteiger partial charge is 0.390 e. The second-order valence-electron chi connectivity index (χ2n) is 3.57. The van der Waals surface area contributed by atoms with Gasteiger partial charge in [0.1, 0.15) is 5.69 Å². The van der Waals surface area contributed by atoms with E-state index in [9.17, 15) is 14.5 Å². The van der Waals surface area contributed by atoms with Crippen molar-refractivity contribution in [2.75, 3.05) is 0 Å². The maximum atomic E-state index is 13.7. The number of rotatable bonds is 4. The van der Waals surface area contributed by atoms with Crippen molar-refractivity contribution in [3.05, 3.63) is 51.6 Å². The molecule has 0 unspecified atom stereocenters. The summed E-state index contributed by atoms with van der Waals surface area (Å²) in [5, 5.41) is 26.7. The number of benzene rings is 1. The third-order valence-electron chi connectivity index (χ3n) is 2.34. The van der Waals surface area contributed by atoms with E-state index in [0.29, 0.717) is 5.69 Å². The van der Waals surface area contributed by atoms with Gasteiger partial charge in [0.05, 0.1) is 24.3 Å². The lowest BCUT2D eigenvalue weighted by molar-refractivity contribution is -0.387. The molecular weight excluding hydrogens is 243 g/mol. The number of aliphatic hydroxyl groups is 1. The van der Waals surface area contributed by atoms with E-state index >= 15 is 0 Å². The summed E-state index contributed by atoms with van der Waals surface area (Å²) in [6, 6.07) is 3.93. The highest BCUT2D eigenvalue weighted by atomic mass is 19.1. The molecule has 1 N–H and O–H groups in total. The maximum absolute atomic E-state index is 13.7. The van der Waals surface area contributed by atoms with Crippen LogP contribution in [-0.4, -0.2) is 25.0 Å². The predicted octanol–water partition coefficient (Wildman–Crippen LogP) is 0.866. The van der Waals surface area contributed by atoms with Gasteiger partial charge in [-0.05, 0) is 0 Å². The fourth-order valence-electron chi connectivity index (χ4n) is 1.49. The van der Waals surface area contributed by atoms with Crippen LogP contribution in [0.5, 0.6) is 0 Å². The molecule has 0 amide bonds. The number of nitro benzene ring substituents is 1. The fourth-order valence-corrected chi connectivity index (χ4v) is 1.49. The molecule has 0 aliphatic rings. The van der Waals surface area contributed by atoms with Gasteiger partial charge in [-0.2, -0.15) is 4.39 Å². The van der Waals surface area contributed by atoms with Gasteiger partial charge in [0.15, 0.2) is 0 Å². The van der Waals surface area contributed by atoms with Crippen molar-refractivity contribution in [1.82, 2.24) is 15.0 Å². The minimum Gasteiger partial charge on any atom is -0.390 e. The van der Waals surface area contributed by atoms with Crippen LogP contribution in [0.4, 0.5) is 10.1 Å². The van der Waals surface area contributed by atoms with E-state index in [4.69, 9.17) is 5.11 Å². The quantitative estimate of drug-likeness (QED) is 0.643. The monoisotopic (exact) mass is 252 g/mol. The zero-order chi connectivity index (χ0) is 13.1. The molecule has 2 rings (SSSR count). The first-order valence-corrected chi connectivity index (χ1v) is 5.03. The average molecular weight is 252 g/mol. The van der Waals surface area contributed by atoms with E-state index in [-0.39, 0.29) is 18.7 Å². The third kappa shape index (κ3) is 2.33. The summed E-state index contributed by atoms with van der Waals surface area (Å²) in [6.07, 6.45) is 1.44. The van der Waals surface area contributed by atoms with Crippen molar-refractivity contribution >= 4 is 5.69 Å². The smallest absolute Gasteiger partial charge is 0.305 e. The molecule has 8 heteroatoms. The van der Waals surface area contributed by atoms with E-state index in [0.717, 1.165) is 6.07 Å². The number of nitro groups is 1. The van der Waals surface area contributed by atoms with E-state index < -0.39 is 16.4 Å². The standard InChI is InChI=1S/C10H9FN4O3/c11-10-7(2-1-3-9(10)15(17)18)4-14-5-8(6-16)12-13-14/h1-3,5,16H,4,6H2. The number of aromatic nitrogens is 3. The molecule has 0 spiro atoms. The van der Waals surface area contributed by atoms with E-state index in [2.05, 4.69) is 10.3 Å². The van der Waals surface area contributed by atoms with Crippen molar-refractivity contribution in [3.63, 3.8) is 0 Å². The Labute approximate surface area is 101 Å². The van der Waals surface area contributed by atoms with Gasteiger partial charge in [-0.1, -0.05) is 17.3 Å². The highest BCUT2D eigenvalue weighted by Gasteiger charge is 2.17. The Morgan fingerprint density at radius 3 is 2.89 bits per heavy atom. The van der Waals surface area contributed by atoms with Crippen LogP contribution < -0.4 is 0 Å². The SMILES string of the molecule is O=[N+]([O-])c1cccc(Cn2cc(CO)nn2)c1F.